The molecule has 0 spiro atoms. The number of rotatable bonds is 14. The maximum absolute atomic E-state index is 14.1. The first-order valence-electron chi connectivity index (χ1n) is 13.1. The van der Waals surface area contributed by atoms with Crippen LogP contribution in [-0.4, -0.2) is 45.8 Å². The van der Waals surface area contributed by atoms with Crippen LogP contribution in [-0.2, 0) is 29.0 Å². The molecule has 0 unspecified atom stereocenters. The van der Waals surface area contributed by atoms with Crippen LogP contribution in [0.4, 0.5) is 13.9 Å². The number of aryl methyl sites for hydroxylation is 1. The topological polar surface area (TPSA) is 121 Å². The first-order chi connectivity index (χ1) is 18.7. The van der Waals surface area contributed by atoms with Crippen LogP contribution in [0.25, 0.3) is 0 Å². The summed E-state index contributed by atoms with van der Waals surface area (Å²) in [6, 6.07) is 10.2. The molecule has 4 N–H and O–H groups in total. The minimum atomic E-state index is -1.14. The minimum Gasteiger partial charge on any atom is -0.390 e. The maximum atomic E-state index is 14.1. The number of benzene rings is 2. The number of anilines is 1. The van der Waals surface area contributed by atoms with Crippen molar-refractivity contribution in [3.05, 3.63) is 75.8 Å². The van der Waals surface area contributed by atoms with Gasteiger partial charge in [-0.3, -0.25) is 14.5 Å². The SMILES string of the molecule is CCc1cccc(CNC[C@@H](O)[C@H](Cc2cc(F)cc(F)c2)N(C(=O)CCC(N)=O)c2nnc(C3CC3)s2)c1. The van der Waals surface area contributed by atoms with E-state index in [9.17, 15) is 23.5 Å². The Kier molecular flexibility index (Phi) is 9.71. The van der Waals surface area contributed by atoms with Gasteiger partial charge in [0.25, 0.3) is 0 Å². The summed E-state index contributed by atoms with van der Waals surface area (Å²) in [5.41, 5.74) is 7.79. The molecule has 1 heterocycles. The number of nitrogens with zero attached hydrogens (tertiary/aromatic N) is 3. The highest BCUT2D eigenvalue weighted by Crippen LogP contribution is 2.43. The van der Waals surface area contributed by atoms with E-state index in [1.165, 1.54) is 33.9 Å². The molecule has 208 valence electrons. The van der Waals surface area contributed by atoms with Crippen molar-refractivity contribution in [1.29, 1.82) is 0 Å². The quantitative estimate of drug-likeness (QED) is 0.278. The van der Waals surface area contributed by atoms with Crippen LogP contribution in [0.5, 0.6) is 0 Å². The Morgan fingerprint density at radius 3 is 2.49 bits per heavy atom. The predicted molar refractivity (Wildman–Crippen MR) is 145 cm³/mol. The number of nitrogens with two attached hydrogens (primary N) is 1. The van der Waals surface area contributed by atoms with Crippen LogP contribution in [0, 0.1) is 11.6 Å². The zero-order valence-electron chi connectivity index (χ0n) is 21.8. The number of halogens is 2. The summed E-state index contributed by atoms with van der Waals surface area (Å²) in [6.07, 6.45) is 1.29. The van der Waals surface area contributed by atoms with Gasteiger partial charge in [0.2, 0.25) is 16.9 Å². The van der Waals surface area contributed by atoms with Gasteiger partial charge < -0.3 is 16.2 Å². The predicted octanol–water partition coefficient (Wildman–Crippen LogP) is 3.62. The molecule has 3 aromatic rings. The number of aromatic nitrogens is 2. The van der Waals surface area contributed by atoms with Crippen molar-refractivity contribution in [1.82, 2.24) is 15.5 Å². The van der Waals surface area contributed by atoms with Gasteiger partial charge in [-0.25, -0.2) is 8.78 Å². The van der Waals surface area contributed by atoms with Crippen molar-refractivity contribution in [2.45, 2.75) is 70.1 Å². The molecule has 8 nitrogen and oxygen atoms in total. The Bertz CT molecular complexity index is 1280. The number of carbonyl (C=O) groups is 2. The fourth-order valence-electron chi connectivity index (χ4n) is 4.43. The molecular weight excluding hydrogens is 524 g/mol. The lowest BCUT2D eigenvalue weighted by Gasteiger charge is -2.33. The molecule has 4 rings (SSSR count). The van der Waals surface area contributed by atoms with Crippen LogP contribution in [0.1, 0.15) is 60.2 Å². The summed E-state index contributed by atoms with van der Waals surface area (Å²) in [7, 11) is 0. The largest absolute Gasteiger partial charge is 0.390 e. The van der Waals surface area contributed by atoms with Gasteiger partial charge in [0, 0.05) is 37.9 Å². The first kappa shape index (κ1) is 28.7. The molecule has 1 aliphatic carbocycles. The Labute approximate surface area is 230 Å². The second-order valence-electron chi connectivity index (χ2n) is 9.85. The molecule has 0 saturated heterocycles. The van der Waals surface area contributed by atoms with Crippen LogP contribution in [0.3, 0.4) is 0 Å². The first-order valence-corrected chi connectivity index (χ1v) is 13.9. The van der Waals surface area contributed by atoms with E-state index in [2.05, 4.69) is 28.5 Å². The molecule has 1 fully saturated rings. The van der Waals surface area contributed by atoms with Crippen LogP contribution in [0.2, 0.25) is 0 Å². The fraction of sp³-hybridized carbons (Fsp3) is 0.429. The van der Waals surface area contributed by atoms with Crippen molar-refractivity contribution in [2.75, 3.05) is 11.4 Å². The Balaban J connectivity index is 1.61. The van der Waals surface area contributed by atoms with E-state index in [1.807, 2.05) is 18.2 Å². The summed E-state index contributed by atoms with van der Waals surface area (Å²) < 4.78 is 28.1. The minimum absolute atomic E-state index is 0.0521. The normalized spacial score (nSPS) is 14.7. The third-order valence-electron chi connectivity index (χ3n) is 6.64. The molecule has 0 bridgehead atoms. The number of nitrogens with one attached hydrogen (secondary N) is 1. The lowest BCUT2D eigenvalue weighted by molar-refractivity contribution is -0.124. The monoisotopic (exact) mass is 557 g/mol. The molecule has 1 aromatic heterocycles. The van der Waals surface area contributed by atoms with Crippen molar-refractivity contribution in [3.8, 4) is 0 Å². The molecule has 1 saturated carbocycles. The highest BCUT2D eigenvalue weighted by Gasteiger charge is 2.35. The molecule has 2 atom stereocenters. The lowest BCUT2D eigenvalue weighted by atomic mass is 9.98. The number of carbonyl (C=O) groups excluding carboxylic acids is 2. The van der Waals surface area contributed by atoms with Gasteiger partial charge in [-0.05, 0) is 54.5 Å². The van der Waals surface area contributed by atoms with E-state index in [0.717, 1.165) is 35.9 Å². The standard InChI is InChI=1S/C28H33F2N5O3S/c1-2-17-4-3-5-18(10-17)15-32-16-24(36)23(13-19-11-21(29)14-22(30)12-19)35(26(38)9-8-25(31)37)28-34-33-27(39-28)20-6-7-20/h3-5,10-12,14,20,23-24,32,36H,2,6-9,13,15-16H2,1H3,(H2,31,37)/t23-,24+/m0/s1. The van der Waals surface area contributed by atoms with Gasteiger partial charge in [-0.15, -0.1) is 10.2 Å². The Morgan fingerprint density at radius 1 is 1.10 bits per heavy atom. The summed E-state index contributed by atoms with van der Waals surface area (Å²) in [4.78, 5) is 26.2. The molecule has 2 amide bonds. The Hall–Kier alpha value is -3.28. The van der Waals surface area contributed by atoms with Gasteiger partial charge in [0.15, 0.2) is 0 Å². The number of aliphatic hydroxyl groups excluding tert-OH is 1. The van der Waals surface area contributed by atoms with Gasteiger partial charge in [0.05, 0.1) is 12.1 Å². The summed E-state index contributed by atoms with van der Waals surface area (Å²) >= 11 is 1.25. The van der Waals surface area contributed by atoms with Gasteiger partial charge in [-0.2, -0.15) is 0 Å². The van der Waals surface area contributed by atoms with E-state index in [1.54, 1.807) is 0 Å². The Morgan fingerprint density at radius 2 is 1.82 bits per heavy atom. The van der Waals surface area contributed by atoms with Crippen LogP contribution < -0.4 is 16.0 Å². The lowest BCUT2D eigenvalue weighted by Crippen LogP contribution is -2.52. The number of hydrogen-bond donors (Lipinski definition) is 3. The summed E-state index contributed by atoms with van der Waals surface area (Å²) in [6.45, 7) is 2.64. The van der Waals surface area contributed by atoms with Crippen LogP contribution in [0.15, 0.2) is 42.5 Å². The fourth-order valence-corrected chi connectivity index (χ4v) is 5.52. The molecular formula is C28H33F2N5O3S. The van der Waals surface area contributed by atoms with E-state index in [-0.39, 0.29) is 36.5 Å². The number of primary amides is 1. The van der Waals surface area contributed by atoms with Gasteiger partial charge in [0.1, 0.15) is 16.6 Å². The maximum Gasteiger partial charge on any atom is 0.229 e. The van der Waals surface area contributed by atoms with Gasteiger partial charge >= 0.3 is 0 Å². The van der Waals surface area contributed by atoms with E-state index < -0.39 is 35.6 Å². The highest BCUT2D eigenvalue weighted by atomic mass is 32.1. The number of amides is 2. The summed E-state index contributed by atoms with van der Waals surface area (Å²) in [5.74, 6) is -2.35. The van der Waals surface area contributed by atoms with E-state index in [0.29, 0.717) is 12.5 Å². The summed E-state index contributed by atoms with van der Waals surface area (Å²) in [5, 5.41) is 24.1. The molecule has 0 radical (unpaired) electrons. The molecule has 11 heteroatoms. The zero-order chi connectivity index (χ0) is 27.9. The number of hydrogen-bond acceptors (Lipinski definition) is 7. The van der Waals surface area contributed by atoms with E-state index >= 15 is 0 Å². The molecule has 2 aromatic carbocycles. The number of aliphatic hydroxyl groups is 1. The smallest absolute Gasteiger partial charge is 0.229 e. The van der Waals surface area contributed by atoms with Gasteiger partial charge in [-0.1, -0.05) is 42.5 Å². The highest BCUT2D eigenvalue weighted by molar-refractivity contribution is 7.15. The molecule has 39 heavy (non-hydrogen) atoms. The zero-order valence-corrected chi connectivity index (χ0v) is 22.6. The third kappa shape index (κ3) is 8.11. The van der Waals surface area contributed by atoms with Crippen molar-refractivity contribution in [3.63, 3.8) is 0 Å². The third-order valence-corrected chi connectivity index (χ3v) is 7.73. The average Bonchev–Trinajstić information content (AvgIpc) is 3.64. The van der Waals surface area contributed by atoms with Crippen molar-refractivity contribution >= 4 is 28.3 Å². The van der Waals surface area contributed by atoms with Crippen molar-refractivity contribution < 1.29 is 23.5 Å². The molecule has 0 aliphatic heterocycles. The van der Waals surface area contributed by atoms with Crippen molar-refractivity contribution in [2.24, 2.45) is 5.73 Å². The second-order valence-corrected chi connectivity index (χ2v) is 10.8. The van der Waals surface area contributed by atoms with Crippen LogP contribution >= 0.6 is 11.3 Å². The average molecular weight is 558 g/mol. The van der Waals surface area contributed by atoms with E-state index in [4.69, 9.17) is 5.73 Å². The second kappa shape index (κ2) is 13.2. The molecule has 1 aliphatic rings.